The molecule has 3 heteroatoms. The first-order valence-electron chi connectivity index (χ1n) is 6.01. The van der Waals surface area contributed by atoms with Gasteiger partial charge in [-0.25, -0.2) is 0 Å². The van der Waals surface area contributed by atoms with Gasteiger partial charge in [-0.3, -0.25) is 0 Å². The van der Waals surface area contributed by atoms with Crippen LogP contribution in [0.3, 0.4) is 0 Å². The van der Waals surface area contributed by atoms with Crippen molar-refractivity contribution >= 4 is 0 Å². The summed E-state index contributed by atoms with van der Waals surface area (Å²) in [4.78, 5) is 0. The lowest BCUT2D eigenvalue weighted by Crippen LogP contribution is -2.18. The lowest BCUT2D eigenvalue weighted by molar-refractivity contribution is -0.0907. The van der Waals surface area contributed by atoms with Crippen molar-refractivity contribution in [2.75, 3.05) is 13.1 Å². The Morgan fingerprint density at radius 2 is 2.56 bits per heavy atom. The zero-order chi connectivity index (χ0) is 12.6. The molecule has 0 aromatic carbocycles. The van der Waals surface area contributed by atoms with E-state index in [0.717, 1.165) is 0 Å². The fraction of sp³-hybridized carbons (Fsp3) is 1.00. The van der Waals surface area contributed by atoms with E-state index in [0.29, 0.717) is 0 Å². The van der Waals surface area contributed by atoms with Crippen LogP contribution in [-0.4, -0.2) is 30.6 Å². The Hall–Kier alpha value is -0.120. The van der Waals surface area contributed by atoms with Crippen LogP contribution in [0.1, 0.15) is 16.0 Å². The van der Waals surface area contributed by atoms with Gasteiger partial charge in [-0.05, 0) is 6.37 Å². The summed E-state index contributed by atoms with van der Waals surface area (Å²) in [6, 6.07) is 0. The van der Waals surface area contributed by atoms with Crippen molar-refractivity contribution in [3.8, 4) is 0 Å². The van der Waals surface area contributed by atoms with Gasteiger partial charge in [0.05, 0.1) is 26.1 Å². The van der Waals surface area contributed by atoms with Crippen LogP contribution in [0.5, 0.6) is 0 Å². The first-order chi connectivity index (χ1) is 6.93. The van der Waals surface area contributed by atoms with E-state index in [1.807, 2.05) is 0 Å². The smallest absolute Gasteiger partial charge is 0.163 e. The van der Waals surface area contributed by atoms with E-state index < -0.39 is 37.8 Å². The Morgan fingerprint density at radius 1 is 1.67 bits per heavy atom. The van der Waals surface area contributed by atoms with Crippen molar-refractivity contribution in [2.45, 2.75) is 18.7 Å². The fourth-order valence-electron chi connectivity index (χ4n) is 0.763. The number of fused-ring (bicyclic) bond motifs is 1. The van der Waals surface area contributed by atoms with Crippen molar-refractivity contribution < 1.29 is 24.2 Å². The van der Waals surface area contributed by atoms with E-state index in [9.17, 15) is 5.11 Å². The molecule has 2 aliphatic heterocycles. The minimum Gasteiger partial charge on any atom is -0.390 e. The second kappa shape index (κ2) is 1.94. The minimum absolute atomic E-state index is 1.61. The zero-order valence-electron chi connectivity index (χ0n) is 11.4. The van der Waals surface area contributed by atoms with Crippen LogP contribution in [0.2, 0.25) is 0 Å². The third kappa shape index (κ3) is 0.764. The Kier molecular flexibility index (Phi) is 0.416. The monoisotopic (exact) mass is 137 g/mol. The van der Waals surface area contributed by atoms with Crippen LogP contribution in [0.4, 0.5) is 0 Å². The maximum absolute atomic E-state index is 9.64. The van der Waals surface area contributed by atoms with Crippen molar-refractivity contribution in [3.63, 3.8) is 0 Å². The van der Waals surface area contributed by atoms with E-state index in [1.54, 1.807) is 0 Å². The minimum atomic E-state index is -2.90. The molecule has 2 rings (SSSR count). The largest absolute Gasteiger partial charge is 0.390 e. The number of rotatable bonds is 0. The van der Waals surface area contributed by atoms with Crippen LogP contribution in [0, 0.1) is 5.92 Å². The summed E-state index contributed by atoms with van der Waals surface area (Å²) in [7, 11) is 0. The van der Waals surface area contributed by atoms with Gasteiger partial charge in [-0.2, -0.15) is 0 Å². The van der Waals surface area contributed by atoms with E-state index in [1.165, 1.54) is 0 Å². The molecule has 0 radical (unpaired) electrons. The Bertz CT molecular complexity index is 298. The average molecular weight is 137 g/mol. The first-order valence-corrected chi connectivity index (χ1v) is 2.51. The summed E-state index contributed by atoms with van der Waals surface area (Å²) in [5, 5.41) is 9.64. The van der Waals surface area contributed by atoms with Gasteiger partial charge in [-0.15, -0.1) is 0 Å². The van der Waals surface area contributed by atoms with Crippen LogP contribution in [-0.2, 0) is 9.47 Å². The Morgan fingerprint density at radius 3 is 3.33 bits per heavy atom. The van der Waals surface area contributed by atoms with Crippen LogP contribution < -0.4 is 0 Å². The molecule has 3 nitrogen and oxygen atoms in total. The van der Waals surface area contributed by atoms with E-state index in [2.05, 4.69) is 9.47 Å². The zero-order valence-corrected chi connectivity index (χ0v) is 4.42. The Labute approximate surface area is 63.4 Å². The van der Waals surface area contributed by atoms with Gasteiger partial charge < -0.3 is 14.6 Å². The quantitative estimate of drug-likeness (QED) is 0.500. The molecule has 9 heavy (non-hydrogen) atoms. The maximum atomic E-state index is 9.64. The molecule has 0 bridgehead atoms. The molecule has 0 saturated carbocycles. The standard InChI is InChI=1S/C6H10O3/c7-5-3-9-6-4(5)1-2-8-6/h4-7H,1-3H2/t4-,5-,6+/m0/s1/i1D2,2D2,3D2,5D. The van der Waals surface area contributed by atoms with E-state index in [4.69, 9.17) is 9.60 Å². The summed E-state index contributed by atoms with van der Waals surface area (Å²) in [6.07, 6.45) is -7.22. The van der Waals surface area contributed by atoms with Crippen LogP contribution >= 0.6 is 0 Å². The van der Waals surface area contributed by atoms with Gasteiger partial charge in [-0.1, -0.05) is 0 Å². The predicted octanol–water partition coefficient (Wildman–Crippen LogP) is -0.260. The number of ether oxygens (including phenoxy) is 2. The summed E-state index contributed by atoms with van der Waals surface area (Å²) >= 11 is 0. The number of hydrogen-bond acceptors (Lipinski definition) is 3. The lowest BCUT2D eigenvalue weighted by Gasteiger charge is -2.06. The highest BCUT2D eigenvalue weighted by Crippen LogP contribution is 2.30. The molecular formula is C6H10O3. The van der Waals surface area contributed by atoms with Gasteiger partial charge in [0, 0.05) is 8.66 Å². The molecule has 52 valence electrons. The topological polar surface area (TPSA) is 38.7 Å². The molecule has 0 amide bonds. The highest BCUT2D eigenvalue weighted by Gasteiger charge is 2.40. The normalized spacial score (nSPS) is 86.1. The third-order valence-electron chi connectivity index (χ3n) is 1.24. The van der Waals surface area contributed by atoms with Gasteiger partial charge in [0.1, 0.15) is 0 Å². The molecule has 0 aliphatic carbocycles. The summed E-state index contributed by atoms with van der Waals surface area (Å²) in [5.41, 5.74) is 0. The third-order valence-corrected chi connectivity index (χ3v) is 1.24. The molecular weight excluding hydrogens is 120 g/mol. The Balaban J connectivity index is 2.46. The molecule has 2 saturated heterocycles. The van der Waals surface area contributed by atoms with Gasteiger partial charge in [0.15, 0.2) is 6.29 Å². The van der Waals surface area contributed by atoms with Crippen molar-refractivity contribution in [1.29, 1.82) is 0 Å². The van der Waals surface area contributed by atoms with Crippen LogP contribution in [0.15, 0.2) is 0 Å². The van der Waals surface area contributed by atoms with Crippen molar-refractivity contribution in [3.05, 3.63) is 0 Å². The summed E-state index contributed by atoms with van der Waals surface area (Å²) in [6.45, 7) is -5.53. The lowest BCUT2D eigenvalue weighted by atomic mass is 10.0. The fourth-order valence-corrected chi connectivity index (χ4v) is 0.763. The molecule has 0 unspecified atom stereocenters. The molecule has 0 aromatic rings. The van der Waals surface area contributed by atoms with Gasteiger partial charge in [0.2, 0.25) is 0 Å². The first kappa shape index (κ1) is 1.94. The van der Waals surface area contributed by atoms with Crippen LogP contribution in [0.25, 0.3) is 0 Å². The van der Waals surface area contributed by atoms with Crippen molar-refractivity contribution in [2.24, 2.45) is 5.92 Å². The summed E-state index contributed by atoms with van der Waals surface area (Å²) < 4.78 is 60.5. The molecule has 1 N–H and O–H groups in total. The second-order valence-electron chi connectivity index (χ2n) is 1.82. The van der Waals surface area contributed by atoms with E-state index >= 15 is 0 Å². The maximum Gasteiger partial charge on any atom is 0.163 e. The molecule has 2 heterocycles. The molecule has 3 atom stereocenters. The van der Waals surface area contributed by atoms with Gasteiger partial charge >= 0.3 is 0 Å². The molecule has 0 spiro atoms. The highest BCUT2D eigenvalue weighted by molar-refractivity contribution is 4.81. The van der Waals surface area contributed by atoms with Crippen molar-refractivity contribution in [1.82, 2.24) is 0 Å². The number of hydrogen-bond donors (Lipinski definition) is 1. The molecule has 2 aliphatic rings. The van der Waals surface area contributed by atoms with E-state index in [-0.39, 0.29) is 0 Å². The molecule has 0 aromatic heterocycles. The highest BCUT2D eigenvalue weighted by atomic mass is 16.7. The summed E-state index contributed by atoms with van der Waals surface area (Å²) in [5.74, 6) is -1.75. The number of aliphatic hydroxyl groups is 1. The average Bonchev–Trinajstić information content (AvgIpc) is 2.24. The SMILES string of the molecule is [2H]C1([2H])O[C@@H]2OC([2H])([2H])[C@]([2H])(O)[C@@H]2C1([2H])[2H]. The van der Waals surface area contributed by atoms with Gasteiger partial charge in [0.25, 0.3) is 0 Å². The molecule has 2 fully saturated rings. The second-order valence-corrected chi connectivity index (χ2v) is 1.82. The predicted molar refractivity (Wildman–Crippen MR) is 29.8 cm³/mol.